The minimum Gasteiger partial charge on any atom is -0.508 e. The molecule has 124 valence electrons. The van der Waals surface area contributed by atoms with Crippen molar-refractivity contribution < 1.29 is 15.0 Å². The van der Waals surface area contributed by atoms with Crippen LogP contribution in [0.1, 0.15) is 11.1 Å². The lowest BCUT2D eigenvalue weighted by Crippen LogP contribution is -2.02. The van der Waals surface area contributed by atoms with Crippen LogP contribution in [0.15, 0.2) is 66.7 Å². The summed E-state index contributed by atoms with van der Waals surface area (Å²) in [6, 6.07) is 21.2. The van der Waals surface area contributed by atoms with Crippen molar-refractivity contribution in [2.24, 2.45) is 0 Å². The van der Waals surface area contributed by atoms with Crippen LogP contribution in [0.3, 0.4) is 0 Å². The van der Waals surface area contributed by atoms with Crippen molar-refractivity contribution in [3.05, 3.63) is 77.9 Å². The second kappa shape index (κ2) is 5.98. The lowest BCUT2D eigenvalue weighted by molar-refractivity contribution is -0.136. The number of aromatic nitrogens is 1. The van der Waals surface area contributed by atoms with E-state index in [2.05, 4.69) is 16.7 Å². The van der Waals surface area contributed by atoms with E-state index in [9.17, 15) is 9.90 Å². The predicted octanol–water partition coefficient (Wildman–Crippen LogP) is 4.18. The molecule has 0 unspecified atom stereocenters. The molecule has 0 fully saturated rings. The number of hydrogen-bond acceptors (Lipinski definition) is 2. The number of nitrogens with zero attached hydrogens (tertiary/aromatic N) is 1. The Morgan fingerprint density at radius 3 is 2.44 bits per heavy atom. The third-order valence-corrected chi connectivity index (χ3v) is 4.44. The monoisotopic (exact) mass is 331 g/mol. The highest BCUT2D eigenvalue weighted by atomic mass is 16.4. The molecule has 0 atom stereocenters. The first kappa shape index (κ1) is 15.3. The van der Waals surface area contributed by atoms with E-state index in [0.29, 0.717) is 6.54 Å². The van der Waals surface area contributed by atoms with Crippen molar-refractivity contribution in [1.29, 1.82) is 0 Å². The summed E-state index contributed by atoms with van der Waals surface area (Å²) in [4.78, 5) is 11.1. The third-order valence-electron chi connectivity index (χ3n) is 4.44. The molecule has 0 aliphatic carbocycles. The maximum Gasteiger partial charge on any atom is 0.307 e. The van der Waals surface area contributed by atoms with Crippen LogP contribution in [0.2, 0.25) is 0 Å². The standard InChI is InChI=1S/C21H17NO3/c23-16-5-3-4-15(10-16)13-22-19-7-2-1-6-17(19)18-9-8-14(11-20(18)22)12-21(24)25/h1-11,23H,12-13H2,(H,24,25). The number of para-hydroxylation sites is 1. The van der Waals surface area contributed by atoms with Gasteiger partial charge in [-0.25, -0.2) is 0 Å². The van der Waals surface area contributed by atoms with Gasteiger partial charge in [0.1, 0.15) is 5.75 Å². The Labute approximate surface area is 144 Å². The Kier molecular flexibility index (Phi) is 3.65. The molecular weight excluding hydrogens is 314 g/mol. The van der Waals surface area contributed by atoms with Crippen molar-refractivity contribution >= 4 is 27.8 Å². The zero-order chi connectivity index (χ0) is 17.4. The van der Waals surface area contributed by atoms with Crippen LogP contribution >= 0.6 is 0 Å². The van der Waals surface area contributed by atoms with Gasteiger partial charge >= 0.3 is 5.97 Å². The van der Waals surface area contributed by atoms with E-state index in [1.54, 1.807) is 12.1 Å². The van der Waals surface area contributed by atoms with Gasteiger partial charge in [-0.2, -0.15) is 0 Å². The van der Waals surface area contributed by atoms with Crippen LogP contribution in [0.4, 0.5) is 0 Å². The number of carbonyl (C=O) groups is 1. The number of carboxylic acid groups (broad SMARTS) is 1. The summed E-state index contributed by atoms with van der Waals surface area (Å²) in [5, 5.41) is 21.1. The zero-order valence-electron chi connectivity index (χ0n) is 13.5. The summed E-state index contributed by atoms with van der Waals surface area (Å²) >= 11 is 0. The number of aromatic hydroxyl groups is 1. The first-order valence-corrected chi connectivity index (χ1v) is 8.11. The third kappa shape index (κ3) is 2.83. The van der Waals surface area contributed by atoms with E-state index in [4.69, 9.17) is 5.11 Å². The Morgan fingerprint density at radius 1 is 0.840 bits per heavy atom. The topological polar surface area (TPSA) is 62.5 Å². The number of benzene rings is 3. The molecule has 0 amide bonds. The van der Waals surface area contributed by atoms with E-state index < -0.39 is 5.97 Å². The van der Waals surface area contributed by atoms with Gasteiger partial charge in [0.2, 0.25) is 0 Å². The van der Waals surface area contributed by atoms with Gasteiger partial charge in [0.25, 0.3) is 0 Å². The van der Waals surface area contributed by atoms with Gasteiger partial charge in [0, 0.05) is 28.4 Å². The molecule has 25 heavy (non-hydrogen) atoms. The van der Waals surface area contributed by atoms with Crippen LogP contribution < -0.4 is 0 Å². The maximum absolute atomic E-state index is 11.1. The second-order valence-corrected chi connectivity index (χ2v) is 6.20. The number of aliphatic carboxylic acids is 1. The molecule has 1 aromatic heterocycles. The SMILES string of the molecule is O=C(O)Cc1ccc2c3ccccc3n(Cc3cccc(O)c3)c2c1. The first-order chi connectivity index (χ1) is 12.1. The smallest absolute Gasteiger partial charge is 0.307 e. The van der Waals surface area contributed by atoms with E-state index in [1.807, 2.05) is 42.5 Å². The summed E-state index contributed by atoms with van der Waals surface area (Å²) in [7, 11) is 0. The largest absolute Gasteiger partial charge is 0.508 e. The highest BCUT2D eigenvalue weighted by molar-refractivity contribution is 6.08. The molecule has 0 saturated carbocycles. The predicted molar refractivity (Wildman–Crippen MR) is 98.0 cm³/mol. The Hall–Kier alpha value is -3.27. The quantitative estimate of drug-likeness (QED) is 0.590. The molecule has 0 bridgehead atoms. The Morgan fingerprint density at radius 2 is 1.64 bits per heavy atom. The summed E-state index contributed by atoms with van der Waals surface area (Å²) in [6.07, 6.45) is 0.00356. The fourth-order valence-electron chi connectivity index (χ4n) is 3.39. The zero-order valence-corrected chi connectivity index (χ0v) is 13.5. The number of carboxylic acids is 1. The molecule has 0 aliphatic rings. The van der Waals surface area contributed by atoms with Crippen LogP contribution in [0, 0.1) is 0 Å². The molecule has 4 nitrogen and oxygen atoms in total. The molecule has 0 spiro atoms. The number of fused-ring (bicyclic) bond motifs is 3. The Bertz CT molecular complexity index is 1090. The van der Waals surface area contributed by atoms with Crippen molar-refractivity contribution in [3.8, 4) is 5.75 Å². The average Bonchev–Trinajstić information content (AvgIpc) is 2.88. The molecule has 0 saturated heterocycles. The second-order valence-electron chi connectivity index (χ2n) is 6.20. The number of rotatable bonds is 4. The minimum absolute atomic E-state index is 0.00356. The highest BCUT2D eigenvalue weighted by Gasteiger charge is 2.12. The normalized spacial score (nSPS) is 11.2. The van der Waals surface area contributed by atoms with Gasteiger partial charge in [-0.05, 0) is 35.4 Å². The molecule has 0 aliphatic heterocycles. The highest BCUT2D eigenvalue weighted by Crippen LogP contribution is 2.30. The molecule has 1 heterocycles. The summed E-state index contributed by atoms with van der Waals surface area (Å²) < 4.78 is 2.17. The first-order valence-electron chi connectivity index (χ1n) is 8.11. The van der Waals surface area contributed by atoms with Gasteiger partial charge in [-0.3, -0.25) is 4.79 Å². The van der Waals surface area contributed by atoms with Crippen LogP contribution in [-0.4, -0.2) is 20.7 Å². The van der Waals surface area contributed by atoms with Crippen molar-refractivity contribution in [1.82, 2.24) is 4.57 Å². The average molecular weight is 331 g/mol. The van der Waals surface area contributed by atoms with Gasteiger partial charge in [-0.15, -0.1) is 0 Å². The molecule has 4 rings (SSSR count). The van der Waals surface area contributed by atoms with Crippen molar-refractivity contribution in [2.45, 2.75) is 13.0 Å². The minimum atomic E-state index is -0.838. The van der Waals surface area contributed by atoms with Crippen LogP contribution in [-0.2, 0) is 17.8 Å². The molecule has 3 aromatic carbocycles. The van der Waals surface area contributed by atoms with E-state index >= 15 is 0 Å². The summed E-state index contributed by atoms with van der Waals surface area (Å²) in [6.45, 7) is 0.606. The van der Waals surface area contributed by atoms with Gasteiger partial charge in [-0.1, -0.05) is 42.5 Å². The van der Waals surface area contributed by atoms with Crippen molar-refractivity contribution in [2.75, 3.05) is 0 Å². The molecular formula is C21H17NO3. The summed E-state index contributed by atoms with van der Waals surface area (Å²) in [5.74, 6) is -0.597. The number of phenols is 1. The van der Waals surface area contributed by atoms with Crippen LogP contribution in [0.5, 0.6) is 5.75 Å². The van der Waals surface area contributed by atoms with E-state index in [-0.39, 0.29) is 12.2 Å². The molecule has 0 radical (unpaired) electrons. The molecule has 4 heteroatoms. The number of phenolic OH excluding ortho intramolecular Hbond substituents is 1. The molecule has 4 aromatic rings. The lowest BCUT2D eigenvalue weighted by atomic mass is 10.1. The maximum atomic E-state index is 11.1. The summed E-state index contributed by atoms with van der Waals surface area (Å²) in [5.41, 5.74) is 3.86. The van der Waals surface area contributed by atoms with Gasteiger partial charge in [0.05, 0.1) is 6.42 Å². The fourth-order valence-corrected chi connectivity index (χ4v) is 3.39. The van der Waals surface area contributed by atoms with E-state index in [0.717, 1.165) is 32.9 Å². The van der Waals surface area contributed by atoms with Gasteiger partial charge < -0.3 is 14.8 Å². The van der Waals surface area contributed by atoms with Gasteiger partial charge in [0.15, 0.2) is 0 Å². The van der Waals surface area contributed by atoms with E-state index in [1.165, 1.54) is 0 Å². The lowest BCUT2D eigenvalue weighted by Gasteiger charge is -2.09. The fraction of sp³-hybridized carbons (Fsp3) is 0.0952. The molecule has 2 N–H and O–H groups in total. The van der Waals surface area contributed by atoms with Crippen LogP contribution in [0.25, 0.3) is 21.8 Å². The Balaban J connectivity index is 1.93. The number of hydrogen-bond donors (Lipinski definition) is 2. The van der Waals surface area contributed by atoms with Crippen molar-refractivity contribution in [3.63, 3.8) is 0 Å².